The van der Waals surface area contributed by atoms with Crippen LogP contribution in [0.25, 0.3) is 0 Å². The standard InChI is InChI=1S/C19H39NO4Si.C9H18O2.C2HF3O.CH4/c1-17(2,3)24-16(21)20-13-10-19(22-7,11-14-20)12-15-23-25(8,9)18(4,5)6;1-11-9(7-8-10)5-3-2-4-6-9;3-2(4,5)1-6;/h10-15H2,1-9H3;10H,2-8H2,1H3;1H;1H4. The van der Waals surface area contributed by atoms with E-state index in [9.17, 15) is 18.0 Å². The number of hydrogen-bond acceptors (Lipinski definition) is 7. The quantitative estimate of drug-likeness (QED) is 0.212. The Labute approximate surface area is 260 Å². The van der Waals surface area contributed by atoms with E-state index in [1.54, 1.807) is 19.1 Å². The van der Waals surface area contributed by atoms with Crippen LogP contribution in [-0.2, 0) is 23.4 Å². The lowest BCUT2D eigenvalue weighted by Crippen LogP contribution is -2.50. The molecular weight excluding hydrogens is 583 g/mol. The number of rotatable bonds is 8. The number of ether oxygens (including phenoxy) is 3. The van der Waals surface area contributed by atoms with Gasteiger partial charge < -0.3 is 28.6 Å². The van der Waals surface area contributed by atoms with E-state index in [4.69, 9.17) is 28.5 Å². The first kappa shape index (κ1) is 43.9. The second-order valence-electron chi connectivity index (χ2n) is 13.8. The summed E-state index contributed by atoms with van der Waals surface area (Å²) in [5.41, 5.74) is -0.627. The number of aliphatic hydroxyl groups excluding tert-OH is 1. The highest BCUT2D eigenvalue weighted by molar-refractivity contribution is 6.74. The maximum Gasteiger partial charge on any atom is 0.446 e. The summed E-state index contributed by atoms with van der Waals surface area (Å²) in [6, 6.07) is 0. The first-order chi connectivity index (χ1) is 19.1. The maximum absolute atomic E-state index is 12.2. The van der Waals surface area contributed by atoms with Gasteiger partial charge in [0, 0.05) is 40.5 Å². The van der Waals surface area contributed by atoms with Gasteiger partial charge in [0.25, 0.3) is 0 Å². The zero-order chi connectivity index (χ0) is 32.9. The largest absolute Gasteiger partial charge is 0.446 e. The number of carbonyl (C=O) groups is 2. The number of nitrogens with zero attached hydrogens (tertiary/aromatic N) is 1. The minimum atomic E-state index is -4.64. The average Bonchev–Trinajstić information content (AvgIpc) is 2.88. The number of amides is 1. The maximum atomic E-state index is 12.2. The molecule has 2 rings (SSSR count). The van der Waals surface area contributed by atoms with Gasteiger partial charge in [-0.3, -0.25) is 4.79 Å². The molecule has 2 aliphatic rings. The van der Waals surface area contributed by atoms with E-state index in [1.165, 1.54) is 19.3 Å². The summed E-state index contributed by atoms with van der Waals surface area (Å²) in [6.07, 6.45) is 3.50. The highest BCUT2D eigenvalue weighted by atomic mass is 28.4. The molecular formula is C31H62F3NO7Si. The molecule has 2 fully saturated rings. The van der Waals surface area contributed by atoms with Crippen molar-refractivity contribution in [2.45, 2.75) is 148 Å². The zero-order valence-corrected chi connectivity index (χ0v) is 28.7. The minimum absolute atomic E-state index is 0. The number of piperidine rings is 1. The van der Waals surface area contributed by atoms with E-state index < -0.39 is 26.4 Å². The summed E-state index contributed by atoms with van der Waals surface area (Å²) in [4.78, 5) is 22.7. The number of aldehydes is 1. The molecule has 1 saturated heterocycles. The molecule has 1 aliphatic carbocycles. The van der Waals surface area contributed by atoms with Gasteiger partial charge >= 0.3 is 12.3 Å². The van der Waals surface area contributed by atoms with Gasteiger partial charge in [-0.25, -0.2) is 4.79 Å². The van der Waals surface area contributed by atoms with Crippen molar-refractivity contribution in [2.24, 2.45) is 0 Å². The first-order valence-corrected chi connectivity index (χ1v) is 17.9. The lowest BCUT2D eigenvalue weighted by Gasteiger charge is -2.42. The van der Waals surface area contributed by atoms with Crippen LogP contribution in [-0.4, -0.2) is 94.2 Å². The number of methoxy groups -OCH3 is 2. The Morgan fingerprint density at radius 2 is 1.33 bits per heavy atom. The Bertz CT molecular complexity index is 776. The number of halogens is 3. The highest BCUT2D eigenvalue weighted by Gasteiger charge is 2.40. The topological polar surface area (TPSA) is 94.5 Å². The molecule has 258 valence electrons. The van der Waals surface area contributed by atoms with Gasteiger partial charge in [-0.15, -0.1) is 0 Å². The first-order valence-electron chi connectivity index (χ1n) is 15.0. The third-order valence-corrected chi connectivity index (χ3v) is 13.0. The number of alkyl halides is 3. The molecule has 1 N–H and O–H groups in total. The SMILES string of the molecule is C.COC1(CCO)CCCCC1.COC1(CCO[Si](C)(C)C(C)(C)C)CCN(C(=O)OC(C)(C)C)CC1.O=CC(F)(F)F. The molecule has 1 amide bonds. The van der Waals surface area contributed by atoms with Crippen LogP contribution in [0.4, 0.5) is 18.0 Å². The van der Waals surface area contributed by atoms with Gasteiger partial charge in [0.05, 0.1) is 11.2 Å². The van der Waals surface area contributed by atoms with Crippen molar-refractivity contribution in [1.29, 1.82) is 0 Å². The van der Waals surface area contributed by atoms with E-state index >= 15 is 0 Å². The van der Waals surface area contributed by atoms with Gasteiger partial charge in [0.2, 0.25) is 6.29 Å². The van der Waals surface area contributed by atoms with Crippen molar-refractivity contribution >= 4 is 20.7 Å². The molecule has 1 aliphatic heterocycles. The number of aliphatic hydroxyl groups is 1. The van der Waals surface area contributed by atoms with E-state index in [-0.39, 0.29) is 36.4 Å². The molecule has 12 heteroatoms. The van der Waals surface area contributed by atoms with Crippen LogP contribution in [0.5, 0.6) is 0 Å². The summed E-state index contributed by atoms with van der Waals surface area (Å²) >= 11 is 0. The lowest BCUT2D eigenvalue weighted by molar-refractivity contribution is -0.156. The third-order valence-electron chi connectivity index (χ3n) is 8.48. The Kier molecular flexibility index (Phi) is 19.1. The van der Waals surface area contributed by atoms with Gasteiger partial charge in [-0.05, 0) is 77.4 Å². The summed E-state index contributed by atoms with van der Waals surface area (Å²) in [5, 5.41) is 9.05. The molecule has 0 aromatic carbocycles. The van der Waals surface area contributed by atoms with E-state index in [2.05, 4.69) is 33.9 Å². The van der Waals surface area contributed by atoms with Crippen LogP contribution in [0, 0.1) is 0 Å². The summed E-state index contributed by atoms with van der Waals surface area (Å²) < 4.78 is 54.4. The molecule has 0 aromatic heterocycles. The highest BCUT2D eigenvalue weighted by Crippen LogP contribution is 2.38. The van der Waals surface area contributed by atoms with E-state index in [1.807, 2.05) is 20.8 Å². The van der Waals surface area contributed by atoms with Crippen LogP contribution in [0.15, 0.2) is 0 Å². The zero-order valence-electron chi connectivity index (χ0n) is 27.7. The molecule has 0 spiro atoms. The second-order valence-corrected chi connectivity index (χ2v) is 18.6. The Balaban J connectivity index is 0. The molecule has 0 unspecified atom stereocenters. The van der Waals surface area contributed by atoms with Crippen molar-refractivity contribution in [2.75, 3.05) is 40.5 Å². The van der Waals surface area contributed by atoms with E-state index in [0.29, 0.717) is 13.1 Å². The smallest absolute Gasteiger partial charge is 0.444 e. The van der Waals surface area contributed by atoms with Crippen LogP contribution in [0.1, 0.15) is 107 Å². The molecule has 43 heavy (non-hydrogen) atoms. The van der Waals surface area contributed by atoms with Gasteiger partial charge in [0.15, 0.2) is 8.32 Å². The normalized spacial score (nSPS) is 18.6. The van der Waals surface area contributed by atoms with Gasteiger partial charge in [0.1, 0.15) is 5.60 Å². The van der Waals surface area contributed by atoms with Crippen molar-refractivity contribution in [1.82, 2.24) is 4.90 Å². The van der Waals surface area contributed by atoms with Gasteiger partial charge in [-0.2, -0.15) is 13.2 Å². The Morgan fingerprint density at radius 1 is 0.884 bits per heavy atom. The fraction of sp³-hybridized carbons (Fsp3) is 0.935. The number of carbonyl (C=O) groups excluding carboxylic acids is 2. The van der Waals surface area contributed by atoms with Gasteiger partial charge in [-0.1, -0.05) is 47.5 Å². The number of likely N-dealkylation sites (tertiary alicyclic amines) is 1. The van der Waals surface area contributed by atoms with Crippen LogP contribution < -0.4 is 0 Å². The fourth-order valence-electron chi connectivity index (χ4n) is 4.64. The number of hydrogen-bond donors (Lipinski definition) is 1. The van der Waals surface area contributed by atoms with Crippen molar-refractivity contribution < 1.29 is 46.5 Å². The van der Waals surface area contributed by atoms with Crippen LogP contribution >= 0.6 is 0 Å². The summed E-state index contributed by atoms with van der Waals surface area (Å²) in [5.74, 6) is 0. The fourth-order valence-corrected chi connectivity index (χ4v) is 5.69. The summed E-state index contributed by atoms with van der Waals surface area (Å²) in [6.45, 7) is 19.3. The van der Waals surface area contributed by atoms with E-state index in [0.717, 1.165) is 45.1 Å². The third kappa shape index (κ3) is 17.2. The minimum Gasteiger partial charge on any atom is -0.444 e. The Morgan fingerprint density at radius 3 is 1.67 bits per heavy atom. The van der Waals surface area contributed by atoms with Crippen molar-refractivity contribution in [3.8, 4) is 0 Å². The monoisotopic (exact) mass is 645 g/mol. The van der Waals surface area contributed by atoms with Crippen molar-refractivity contribution in [3.63, 3.8) is 0 Å². The molecule has 0 atom stereocenters. The summed E-state index contributed by atoms with van der Waals surface area (Å²) in [7, 11) is 1.80. The Hall–Kier alpha value is -1.21. The predicted molar refractivity (Wildman–Crippen MR) is 168 cm³/mol. The average molecular weight is 646 g/mol. The van der Waals surface area contributed by atoms with Crippen molar-refractivity contribution in [3.05, 3.63) is 0 Å². The molecule has 1 saturated carbocycles. The van der Waals surface area contributed by atoms with Crippen LogP contribution in [0.3, 0.4) is 0 Å². The molecule has 0 radical (unpaired) electrons. The molecule has 1 heterocycles. The molecule has 0 bridgehead atoms. The molecule has 8 nitrogen and oxygen atoms in total. The second kappa shape index (κ2) is 18.7. The van der Waals surface area contributed by atoms with Crippen LogP contribution in [0.2, 0.25) is 18.1 Å². The molecule has 0 aromatic rings. The predicted octanol–water partition coefficient (Wildman–Crippen LogP) is 7.92. The lowest BCUT2D eigenvalue weighted by atomic mass is 9.82.